The van der Waals surface area contributed by atoms with Crippen molar-refractivity contribution in [3.05, 3.63) is 59.7 Å². The molecule has 0 bridgehead atoms. The second-order valence-corrected chi connectivity index (χ2v) is 8.42. The van der Waals surface area contributed by atoms with Gasteiger partial charge in [-0.15, -0.1) is 0 Å². The molecule has 2 aromatic carbocycles. The zero-order valence-electron chi connectivity index (χ0n) is 18.2. The Bertz CT molecular complexity index is 795. The third-order valence-electron chi connectivity index (χ3n) is 6.11. The number of ether oxygens (including phenoxy) is 1. The van der Waals surface area contributed by atoms with E-state index in [4.69, 9.17) is 4.74 Å². The molecular formula is C27H34O3. The first kappa shape index (κ1) is 22.3. The molecule has 3 rings (SSSR count). The number of hydrogen-bond acceptors (Lipinski definition) is 3. The molecule has 1 saturated carbocycles. The molecule has 1 aliphatic carbocycles. The summed E-state index contributed by atoms with van der Waals surface area (Å²) in [5.74, 6) is 0.659. The van der Waals surface area contributed by atoms with Gasteiger partial charge in [0.05, 0.1) is 12.2 Å². The molecule has 3 heteroatoms. The summed E-state index contributed by atoms with van der Waals surface area (Å²) in [5.41, 5.74) is 4.15. The van der Waals surface area contributed by atoms with Crippen LogP contribution in [0.15, 0.2) is 48.5 Å². The Kier molecular flexibility index (Phi) is 8.67. The lowest BCUT2D eigenvalue weighted by molar-refractivity contribution is -0.120. The van der Waals surface area contributed by atoms with Crippen molar-refractivity contribution >= 4 is 11.8 Å². The van der Waals surface area contributed by atoms with Gasteiger partial charge in [-0.1, -0.05) is 75.4 Å². The fourth-order valence-corrected chi connectivity index (χ4v) is 4.15. The van der Waals surface area contributed by atoms with Crippen LogP contribution in [0.2, 0.25) is 0 Å². The second-order valence-electron chi connectivity index (χ2n) is 8.42. The normalized spacial score (nSPS) is 14.6. The van der Waals surface area contributed by atoms with Crippen LogP contribution in [0.25, 0.3) is 11.1 Å². The minimum absolute atomic E-state index is 0.239. The molecule has 1 fully saturated rings. The summed E-state index contributed by atoms with van der Waals surface area (Å²) < 4.78 is 5.41. The third-order valence-corrected chi connectivity index (χ3v) is 6.11. The number of benzene rings is 2. The van der Waals surface area contributed by atoms with Crippen molar-refractivity contribution in [3.63, 3.8) is 0 Å². The van der Waals surface area contributed by atoms with Gasteiger partial charge in [-0.25, -0.2) is 4.79 Å². The molecule has 0 aromatic heterocycles. The van der Waals surface area contributed by atoms with Crippen LogP contribution < -0.4 is 0 Å². The number of rotatable bonds is 10. The highest BCUT2D eigenvalue weighted by molar-refractivity contribution is 5.90. The van der Waals surface area contributed by atoms with Crippen LogP contribution in [0.1, 0.15) is 93.0 Å². The molecule has 0 atom stereocenters. The van der Waals surface area contributed by atoms with Crippen molar-refractivity contribution in [3.8, 4) is 11.1 Å². The van der Waals surface area contributed by atoms with Gasteiger partial charge in [-0.2, -0.15) is 0 Å². The zero-order valence-corrected chi connectivity index (χ0v) is 18.2. The summed E-state index contributed by atoms with van der Waals surface area (Å²) in [4.78, 5) is 23.7. The summed E-state index contributed by atoms with van der Waals surface area (Å²) in [5, 5.41) is 0. The number of carbonyl (C=O) groups excluding carboxylic acids is 2. The lowest BCUT2D eigenvalue weighted by Crippen LogP contribution is -2.12. The highest BCUT2D eigenvalue weighted by Gasteiger charge is 2.20. The summed E-state index contributed by atoms with van der Waals surface area (Å²) >= 11 is 0. The van der Waals surface area contributed by atoms with E-state index in [2.05, 4.69) is 31.2 Å². The number of carbonyl (C=O) groups is 2. The molecule has 0 N–H and O–H groups in total. The Morgan fingerprint density at radius 3 is 2.03 bits per heavy atom. The fraction of sp³-hybridized carbons (Fsp3) is 0.481. The largest absolute Gasteiger partial charge is 0.462 e. The van der Waals surface area contributed by atoms with Gasteiger partial charge in [-0.3, -0.25) is 4.79 Å². The molecule has 0 heterocycles. The van der Waals surface area contributed by atoms with E-state index in [1.54, 1.807) is 0 Å². The Labute approximate surface area is 180 Å². The molecule has 30 heavy (non-hydrogen) atoms. The van der Waals surface area contributed by atoms with Crippen LogP contribution in [0.3, 0.4) is 0 Å². The van der Waals surface area contributed by atoms with Crippen molar-refractivity contribution in [2.75, 3.05) is 6.61 Å². The predicted molar refractivity (Wildman–Crippen MR) is 122 cm³/mol. The smallest absolute Gasteiger partial charge is 0.338 e. The van der Waals surface area contributed by atoms with E-state index in [0.717, 1.165) is 36.8 Å². The van der Waals surface area contributed by atoms with Gasteiger partial charge in [0.1, 0.15) is 5.78 Å². The van der Waals surface area contributed by atoms with E-state index in [0.29, 0.717) is 36.7 Å². The number of unbranched alkanes of at least 4 members (excludes halogenated alkanes) is 5. The molecule has 2 aromatic rings. The van der Waals surface area contributed by atoms with E-state index in [1.165, 1.54) is 31.2 Å². The van der Waals surface area contributed by atoms with Gasteiger partial charge in [-0.05, 0) is 54.0 Å². The molecular weight excluding hydrogens is 372 g/mol. The highest BCUT2D eigenvalue weighted by Crippen LogP contribution is 2.32. The maximum absolute atomic E-state index is 12.2. The standard InChI is InChI=1S/C27H34O3/c1-2-3-4-5-6-7-20-30-27(29)25-14-12-23(13-15-25)21-8-10-22(11-9-21)24-16-18-26(28)19-17-24/h8-15,24H,2-7,16-20H2,1H3. The monoisotopic (exact) mass is 406 g/mol. The van der Waals surface area contributed by atoms with Gasteiger partial charge < -0.3 is 4.74 Å². The topological polar surface area (TPSA) is 43.4 Å². The molecule has 0 amide bonds. The first-order valence-electron chi connectivity index (χ1n) is 11.6. The van der Waals surface area contributed by atoms with Crippen molar-refractivity contribution in [2.45, 2.75) is 77.0 Å². The first-order chi connectivity index (χ1) is 14.7. The molecule has 0 aliphatic heterocycles. The number of esters is 1. The van der Waals surface area contributed by atoms with E-state index in [1.807, 2.05) is 24.3 Å². The Hall–Kier alpha value is -2.42. The van der Waals surface area contributed by atoms with Crippen molar-refractivity contribution in [1.82, 2.24) is 0 Å². The Morgan fingerprint density at radius 1 is 0.833 bits per heavy atom. The maximum atomic E-state index is 12.2. The molecule has 0 unspecified atom stereocenters. The molecule has 160 valence electrons. The molecule has 0 spiro atoms. The number of hydrogen-bond donors (Lipinski definition) is 0. The van der Waals surface area contributed by atoms with Gasteiger partial charge in [0, 0.05) is 12.8 Å². The second kappa shape index (κ2) is 11.7. The minimum Gasteiger partial charge on any atom is -0.462 e. The van der Waals surface area contributed by atoms with Crippen molar-refractivity contribution in [1.29, 1.82) is 0 Å². The molecule has 1 aliphatic rings. The Morgan fingerprint density at radius 2 is 1.40 bits per heavy atom. The molecule has 0 saturated heterocycles. The first-order valence-corrected chi connectivity index (χ1v) is 11.6. The van der Waals surface area contributed by atoms with Crippen LogP contribution in [0.5, 0.6) is 0 Å². The lowest BCUT2D eigenvalue weighted by Gasteiger charge is -2.21. The average molecular weight is 407 g/mol. The van der Waals surface area contributed by atoms with Crippen molar-refractivity contribution < 1.29 is 14.3 Å². The number of ketones is 1. The van der Waals surface area contributed by atoms with Crippen LogP contribution in [0.4, 0.5) is 0 Å². The average Bonchev–Trinajstić information content (AvgIpc) is 2.79. The van der Waals surface area contributed by atoms with E-state index in [-0.39, 0.29) is 5.97 Å². The Balaban J connectivity index is 1.47. The fourth-order valence-electron chi connectivity index (χ4n) is 4.15. The summed E-state index contributed by atoms with van der Waals surface area (Å²) in [6, 6.07) is 16.3. The summed E-state index contributed by atoms with van der Waals surface area (Å²) in [6.45, 7) is 2.71. The van der Waals surface area contributed by atoms with E-state index < -0.39 is 0 Å². The summed E-state index contributed by atoms with van der Waals surface area (Å²) in [6.07, 6.45) is 10.4. The predicted octanol–water partition coefficient (Wildman–Crippen LogP) is 7.10. The minimum atomic E-state index is -0.239. The zero-order chi connectivity index (χ0) is 21.2. The van der Waals surface area contributed by atoms with Crippen LogP contribution in [-0.2, 0) is 9.53 Å². The lowest BCUT2D eigenvalue weighted by atomic mass is 9.83. The third kappa shape index (κ3) is 6.55. The van der Waals surface area contributed by atoms with E-state index in [9.17, 15) is 9.59 Å². The molecule has 0 radical (unpaired) electrons. The maximum Gasteiger partial charge on any atom is 0.338 e. The quantitative estimate of drug-likeness (QED) is 0.312. The van der Waals surface area contributed by atoms with E-state index >= 15 is 0 Å². The van der Waals surface area contributed by atoms with Crippen LogP contribution >= 0.6 is 0 Å². The van der Waals surface area contributed by atoms with Gasteiger partial charge in [0.25, 0.3) is 0 Å². The molecule has 3 nitrogen and oxygen atoms in total. The van der Waals surface area contributed by atoms with Gasteiger partial charge >= 0.3 is 5.97 Å². The van der Waals surface area contributed by atoms with Crippen molar-refractivity contribution in [2.24, 2.45) is 0 Å². The SMILES string of the molecule is CCCCCCCCOC(=O)c1ccc(-c2ccc(C3CCC(=O)CC3)cc2)cc1. The van der Waals surface area contributed by atoms with Gasteiger partial charge in [0.2, 0.25) is 0 Å². The summed E-state index contributed by atoms with van der Waals surface area (Å²) in [7, 11) is 0. The van der Waals surface area contributed by atoms with Gasteiger partial charge in [0.15, 0.2) is 0 Å². The highest BCUT2D eigenvalue weighted by atomic mass is 16.5. The van der Waals surface area contributed by atoms with Crippen LogP contribution in [-0.4, -0.2) is 18.4 Å². The van der Waals surface area contributed by atoms with Crippen LogP contribution in [0, 0.1) is 0 Å². The number of Topliss-reactive ketones (excluding diaryl/α,β-unsaturated/α-hetero) is 1.